The van der Waals surface area contributed by atoms with Gasteiger partial charge in [-0.05, 0) is 43.9 Å². The van der Waals surface area contributed by atoms with Crippen LogP contribution in [0.4, 0.5) is 8.78 Å². The summed E-state index contributed by atoms with van der Waals surface area (Å²) in [6.45, 7) is 19.9. The molecule has 0 radical (unpaired) electrons. The Morgan fingerprint density at radius 1 is 0.857 bits per heavy atom. The van der Waals surface area contributed by atoms with Gasteiger partial charge in [0.2, 0.25) is 0 Å². The predicted molar refractivity (Wildman–Crippen MR) is 123 cm³/mol. The molecule has 0 unspecified atom stereocenters. The minimum atomic E-state index is -0.780. The zero-order valence-corrected chi connectivity index (χ0v) is 20.4. The van der Waals surface area contributed by atoms with Crippen molar-refractivity contribution >= 4 is 5.78 Å². The third-order valence-electron chi connectivity index (χ3n) is 3.49. The Balaban J connectivity index is -0.000000151. The lowest BCUT2D eigenvalue weighted by atomic mass is 9.98. The molecule has 0 aliphatic rings. The Kier molecular flexibility index (Phi) is 34.2. The molecule has 168 valence electrons. The van der Waals surface area contributed by atoms with E-state index in [-0.39, 0.29) is 5.78 Å². The van der Waals surface area contributed by atoms with E-state index in [1.807, 2.05) is 34.6 Å². The van der Waals surface area contributed by atoms with Gasteiger partial charge in [0.25, 0.3) is 0 Å². The topological polar surface area (TPSA) is 17.1 Å². The van der Waals surface area contributed by atoms with E-state index in [1.165, 1.54) is 58.4 Å². The van der Waals surface area contributed by atoms with Crippen molar-refractivity contribution in [2.75, 3.05) is 0 Å². The molecule has 0 aromatic heterocycles. The van der Waals surface area contributed by atoms with Gasteiger partial charge in [-0.15, -0.1) is 0 Å². The highest BCUT2D eigenvalue weighted by Crippen LogP contribution is 2.14. The van der Waals surface area contributed by atoms with E-state index in [2.05, 4.69) is 20.8 Å². The average Bonchev–Trinajstić information content (AvgIpc) is 2.70. The summed E-state index contributed by atoms with van der Waals surface area (Å²) < 4.78 is 24.7. The summed E-state index contributed by atoms with van der Waals surface area (Å²) in [5, 5.41) is 0. The van der Waals surface area contributed by atoms with Crippen molar-refractivity contribution in [3.63, 3.8) is 0 Å². The second-order valence-electron chi connectivity index (χ2n) is 6.40. The fourth-order valence-electron chi connectivity index (χ4n) is 2.01. The van der Waals surface area contributed by atoms with Crippen molar-refractivity contribution in [3.8, 4) is 0 Å². The molecule has 0 atom stereocenters. The number of aryl methyl sites for hydroxylation is 1. The number of unbranched alkanes of at least 4 members (excludes halogenated alkanes) is 2. The Morgan fingerprint density at radius 3 is 1.54 bits per heavy atom. The Hall–Kier alpha value is -1.25. The first-order chi connectivity index (χ1) is 13.3. The molecule has 3 heteroatoms. The lowest BCUT2D eigenvalue weighted by Gasteiger charge is -2.08. The molecule has 0 saturated heterocycles. The monoisotopic (exact) mass is 402 g/mol. The molecule has 0 spiro atoms. The van der Waals surface area contributed by atoms with Gasteiger partial charge in [0.1, 0.15) is 5.78 Å². The second-order valence-corrected chi connectivity index (χ2v) is 6.40. The molecule has 1 rings (SSSR count). The number of hydrogen-bond donors (Lipinski definition) is 0. The van der Waals surface area contributed by atoms with Gasteiger partial charge in [-0.1, -0.05) is 100.0 Å². The van der Waals surface area contributed by atoms with Crippen LogP contribution in [-0.2, 0) is 11.2 Å². The summed E-state index contributed by atoms with van der Waals surface area (Å²) >= 11 is 0. The van der Waals surface area contributed by atoms with Crippen molar-refractivity contribution in [3.05, 3.63) is 35.4 Å². The molecule has 0 aliphatic heterocycles. The first kappa shape index (κ1) is 34.3. The minimum absolute atomic E-state index is 0.167. The molecule has 0 fully saturated rings. The van der Waals surface area contributed by atoms with Gasteiger partial charge in [0.05, 0.1) is 0 Å². The zero-order valence-electron chi connectivity index (χ0n) is 20.4. The average molecular weight is 403 g/mol. The Bertz CT molecular complexity index is 419. The van der Waals surface area contributed by atoms with Gasteiger partial charge in [0, 0.05) is 0 Å². The lowest BCUT2D eigenvalue weighted by Crippen LogP contribution is -1.93. The van der Waals surface area contributed by atoms with Gasteiger partial charge in [-0.2, -0.15) is 0 Å². The minimum Gasteiger partial charge on any atom is -0.300 e. The summed E-state index contributed by atoms with van der Waals surface area (Å²) in [5.41, 5.74) is 0.818. The van der Waals surface area contributed by atoms with E-state index in [1.54, 1.807) is 6.07 Å². The zero-order chi connectivity index (χ0) is 23.0. The number of carbonyl (C=O) groups is 1. The van der Waals surface area contributed by atoms with Crippen LogP contribution in [-0.4, -0.2) is 5.78 Å². The highest BCUT2D eigenvalue weighted by Gasteiger charge is 2.00. The van der Waals surface area contributed by atoms with E-state index in [0.29, 0.717) is 0 Å². The van der Waals surface area contributed by atoms with Gasteiger partial charge in [-0.25, -0.2) is 8.78 Å². The van der Waals surface area contributed by atoms with Crippen LogP contribution in [0.25, 0.3) is 0 Å². The van der Waals surface area contributed by atoms with Gasteiger partial charge in [-0.3, -0.25) is 0 Å². The molecule has 0 bridgehead atoms. The second kappa shape index (κ2) is 28.0. The van der Waals surface area contributed by atoms with Crippen molar-refractivity contribution < 1.29 is 13.6 Å². The third-order valence-corrected chi connectivity index (χ3v) is 3.49. The quantitative estimate of drug-likeness (QED) is 0.444. The molecule has 0 N–H and O–H groups in total. The summed E-state index contributed by atoms with van der Waals surface area (Å²) in [6, 6.07) is 3.95. The molecule has 1 aromatic rings. The van der Waals surface area contributed by atoms with Crippen LogP contribution < -0.4 is 0 Å². The van der Waals surface area contributed by atoms with Crippen LogP contribution in [0.3, 0.4) is 0 Å². The number of rotatable bonds is 7. The number of carbonyl (C=O) groups excluding carboxylic acids is 1. The maximum atomic E-state index is 12.4. The fraction of sp³-hybridized carbons (Fsp3) is 0.720. The van der Waals surface area contributed by atoms with Crippen LogP contribution in [0.1, 0.15) is 113 Å². The van der Waals surface area contributed by atoms with Crippen LogP contribution in [0.15, 0.2) is 18.2 Å². The van der Waals surface area contributed by atoms with Gasteiger partial charge >= 0.3 is 0 Å². The molecule has 0 aliphatic carbocycles. The molecule has 1 aromatic carbocycles. The van der Waals surface area contributed by atoms with E-state index in [9.17, 15) is 13.6 Å². The highest BCUT2D eigenvalue weighted by molar-refractivity contribution is 5.72. The van der Waals surface area contributed by atoms with E-state index < -0.39 is 11.6 Å². The molecule has 0 saturated carbocycles. The normalized spacial score (nSPS) is 8.75. The van der Waals surface area contributed by atoms with Crippen molar-refractivity contribution in [1.82, 2.24) is 0 Å². The van der Waals surface area contributed by atoms with Crippen LogP contribution in [0.2, 0.25) is 0 Å². The largest absolute Gasteiger partial charge is 0.300 e. The van der Waals surface area contributed by atoms with Gasteiger partial charge in [0.15, 0.2) is 11.6 Å². The van der Waals surface area contributed by atoms with Crippen molar-refractivity contribution in [1.29, 1.82) is 0 Å². The number of Topliss-reactive ketones (excluding diaryl/α,β-unsaturated/α-hetero) is 1. The molecular formula is C25H48F2O. The van der Waals surface area contributed by atoms with E-state index >= 15 is 0 Å². The summed E-state index contributed by atoms with van der Waals surface area (Å²) in [6.07, 6.45) is 9.17. The maximum Gasteiger partial charge on any atom is 0.159 e. The summed E-state index contributed by atoms with van der Waals surface area (Å²) in [4.78, 5) is 9.44. The van der Waals surface area contributed by atoms with Crippen molar-refractivity contribution in [2.24, 2.45) is 5.92 Å². The Labute approximate surface area is 175 Å². The molecular weight excluding hydrogens is 354 g/mol. The maximum absolute atomic E-state index is 12.4. The number of halogens is 2. The molecule has 28 heavy (non-hydrogen) atoms. The number of hydrogen-bond acceptors (Lipinski definition) is 1. The summed E-state index contributed by atoms with van der Waals surface area (Å²) in [5.74, 6) is -0.406. The third kappa shape index (κ3) is 29.5. The predicted octanol–water partition coefficient (Wildman–Crippen LogP) is 9.18. The first-order valence-corrected chi connectivity index (χ1v) is 11.2. The van der Waals surface area contributed by atoms with Crippen LogP contribution >= 0.6 is 0 Å². The number of ketones is 1. The SMILES string of the molecule is CC.CC.CC(C)=O.CCCCC(C)CCCC.CCc1ccc(F)c(F)c1. The van der Waals surface area contributed by atoms with Crippen molar-refractivity contribution in [2.45, 2.75) is 114 Å². The smallest absolute Gasteiger partial charge is 0.159 e. The van der Waals surface area contributed by atoms with E-state index in [0.717, 1.165) is 24.0 Å². The summed E-state index contributed by atoms with van der Waals surface area (Å²) in [7, 11) is 0. The number of benzene rings is 1. The molecule has 1 nitrogen and oxygen atoms in total. The van der Waals surface area contributed by atoms with Crippen LogP contribution in [0.5, 0.6) is 0 Å². The first-order valence-electron chi connectivity index (χ1n) is 11.2. The fourth-order valence-corrected chi connectivity index (χ4v) is 2.01. The van der Waals surface area contributed by atoms with E-state index in [4.69, 9.17) is 0 Å². The lowest BCUT2D eigenvalue weighted by molar-refractivity contribution is -0.114. The van der Waals surface area contributed by atoms with Crippen LogP contribution in [0, 0.1) is 17.6 Å². The molecule has 0 heterocycles. The highest BCUT2D eigenvalue weighted by atomic mass is 19.2. The Morgan fingerprint density at radius 2 is 1.25 bits per heavy atom. The van der Waals surface area contributed by atoms with Gasteiger partial charge < -0.3 is 4.79 Å². The standard InChI is InChI=1S/C10H22.C8H8F2.C3H6O.2C2H6/c1-4-6-8-10(3)9-7-5-2;1-2-6-3-4-7(9)8(10)5-6;1-3(2)4;2*1-2/h10H,4-9H2,1-3H3;3-5H,2H2,1H3;1-2H3;2*1-2H3. The molecule has 0 amide bonds.